The highest BCUT2D eigenvalue weighted by molar-refractivity contribution is 5.24. The molecule has 0 aliphatic rings. The van der Waals surface area contributed by atoms with E-state index in [-0.39, 0.29) is 0 Å². The van der Waals surface area contributed by atoms with Gasteiger partial charge >= 0.3 is 0 Å². The van der Waals surface area contributed by atoms with Gasteiger partial charge in [-0.15, -0.1) is 6.58 Å². The molecule has 1 aromatic rings. The summed E-state index contributed by atoms with van der Waals surface area (Å²) in [6.07, 6.45) is 4.94. The lowest BCUT2D eigenvalue weighted by Crippen LogP contribution is -2.19. The second-order valence-corrected chi connectivity index (χ2v) is 3.95. The summed E-state index contributed by atoms with van der Waals surface area (Å²) >= 11 is 0. The van der Waals surface area contributed by atoms with Crippen LogP contribution in [0.25, 0.3) is 0 Å². The summed E-state index contributed by atoms with van der Waals surface area (Å²) < 4.78 is 0. The van der Waals surface area contributed by atoms with Gasteiger partial charge in [0.2, 0.25) is 0 Å². The SMILES string of the molecule is C=CCCC(NC)c1cc(C)nnc1CC. The molecule has 0 saturated carbocycles. The zero-order valence-corrected chi connectivity index (χ0v) is 10.5. The zero-order valence-electron chi connectivity index (χ0n) is 10.5. The van der Waals surface area contributed by atoms with Gasteiger partial charge in [0, 0.05) is 6.04 Å². The van der Waals surface area contributed by atoms with Crippen LogP contribution in [0.4, 0.5) is 0 Å². The Morgan fingerprint density at radius 2 is 2.25 bits per heavy atom. The molecule has 0 amide bonds. The van der Waals surface area contributed by atoms with Gasteiger partial charge in [0.15, 0.2) is 0 Å². The number of hydrogen-bond donors (Lipinski definition) is 1. The van der Waals surface area contributed by atoms with E-state index in [1.54, 1.807) is 0 Å². The smallest absolute Gasteiger partial charge is 0.0676 e. The van der Waals surface area contributed by atoms with Crippen molar-refractivity contribution in [3.8, 4) is 0 Å². The minimum atomic E-state index is 0.349. The summed E-state index contributed by atoms with van der Waals surface area (Å²) in [4.78, 5) is 0. The molecule has 0 bridgehead atoms. The molecule has 1 unspecified atom stereocenters. The lowest BCUT2D eigenvalue weighted by atomic mass is 9.99. The maximum absolute atomic E-state index is 4.26. The van der Waals surface area contributed by atoms with E-state index < -0.39 is 0 Å². The molecule has 0 spiro atoms. The fourth-order valence-electron chi connectivity index (χ4n) is 1.85. The van der Waals surface area contributed by atoms with Gasteiger partial charge in [-0.05, 0) is 44.9 Å². The molecule has 0 radical (unpaired) electrons. The second kappa shape index (κ2) is 6.38. The van der Waals surface area contributed by atoms with Gasteiger partial charge in [-0.1, -0.05) is 13.0 Å². The lowest BCUT2D eigenvalue weighted by Gasteiger charge is -2.18. The van der Waals surface area contributed by atoms with Gasteiger partial charge < -0.3 is 5.32 Å². The Bertz CT molecular complexity index is 347. The second-order valence-electron chi connectivity index (χ2n) is 3.95. The van der Waals surface area contributed by atoms with E-state index in [2.05, 4.69) is 35.1 Å². The predicted octanol–water partition coefficient (Wildman–Crippen LogP) is 2.57. The number of nitrogens with zero attached hydrogens (tertiary/aromatic N) is 2. The molecular weight excluding hydrogens is 198 g/mol. The van der Waals surface area contributed by atoms with Gasteiger partial charge in [-0.3, -0.25) is 0 Å². The predicted molar refractivity (Wildman–Crippen MR) is 67.4 cm³/mol. The molecule has 88 valence electrons. The molecule has 1 atom stereocenters. The van der Waals surface area contributed by atoms with Crippen LogP contribution >= 0.6 is 0 Å². The summed E-state index contributed by atoms with van der Waals surface area (Å²) in [5, 5.41) is 11.7. The molecule has 0 aliphatic heterocycles. The van der Waals surface area contributed by atoms with Crippen molar-refractivity contribution in [2.24, 2.45) is 0 Å². The summed E-state index contributed by atoms with van der Waals surface area (Å²) in [5.41, 5.74) is 3.35. The van der Waals surface area contributed by atoms with Crippen molar-refractivity contribution >= 4 is 0 Å². The molecule has 1 aromatic heterocycles. The van der Waals surface area contributed by atoms with E-state index in [1.165, 1.54) is 5.56 Å². The maximum Gasteiger partial charge on any atom is 0.0676 e. The number of allylic oxidation sites excluding steroid dienone is 1. The van der Waals surface area contributed by atoms with E-state index in [9.17, 15) is 0 Å². The summed E-state index contributed by atoms with van der Waals surface area (Å²) in [5.74, 6) is 0. The molecular formula is C13H21N3. The van der Waals surface area contributed by atoms with E-state index in [4.69, 9.17) is 0 Å². The van der Waals surface area contributed by atoms with Crippen molar-refractivity contribution in [3.63, 3.8) is 0 Å². The van der Waals surface area contributed by atoms with Crippen molar-refractivity contribution in [1.29, 1.82) is 0 Å². The van der Waals surface area contributed by atoms with Crippen LogP contribution in [-0.4, -0.2) is 17.2 Å². The number of aryl methyl sites for hydroxylation is 2. The topological polar surface area (TPSA) is 37.8 Å². The van der Waals surface area contributed by atoms with Crippen LogP contribution in [0.3, 0.4) is 0 Å². The summed E-state index contributed by atoms with van der Waals surface area (Å²) in [7, 11) is 1.99. The molecule has 0 saturated heterocycles. The zero-order chi connectivity index (χ0) is 12.0. The Morgan fingerprint density at radius 1 is 1.50 bits per heavy atom. The number of hydrogen-bond acceptors (Lipinski definition) is 3. The minimum Gasteiger partial charge on any atom is -0.313 e. The van der Waals surface area contributed by atoms with Crippen molar-refractivity contribution in [2.45, 2.75) is 39.2 Å². The number of nitrogens with one attached hydrogen (secondary N) is 1. The Kier molecular flexibility index (Phi) is 5.12. The third kappa shape index (κ3) is 3.14. The monoisotopic (exact) mass is 219 g/mol. The number of rotatable bonds is 6. The Hall–Kier alpha value is -1.22. The normalized spacial score (nSPS) is 12.4. The standard InChI is InChI=1S/C13H21N3/c1-5-7-8-13(14-4)11-9-10(3)15-16-12(11)6-2/h5,9,13-14H,1,6-8H2,2-4H3. The quantitative estimate of drug-likeness (QED) is 0.747. The van der Waals surface area contributed by atoms with Gasteiger partial charge in [0.25, 0.3) is 0 Å². The van der Waals surface area contributed by atoms with Gasteiger partial charge in [-0.25, -0.2) is 0 Å². The molecule has 1 heterocycles. The van der Waals surface area contributed by atoms with E-state index in [0.717, 1.165) is 30.7 Å². The lowest BCUT2D eigenvalue weighted by molar-refractivity contribution is 0.544. The highest BCUT2D eigenvalue weighted by Crippen LogP contribution is 2.21. The summed E-state index contributed by atoms with van der Waals surface area (Å²) in [6.45, 7) is 7.86. The van der Waals surface area contributed by atoms with E-state index >= 15 is 0 Å². The molecule has 3 nitrogen and oxygen atoms in total. The molecule has 0 aliphatic carbocycles. The first-order valence-corrected chi connectivity index (χ1v) is 5.84. The molecule has 0 fully saturated rings. The summed E-state index contributed by atoms with van der Waals surface area (Å²) in [6, 6.07) is 2.48. The van der Waals surface area contributed by atoms with Crippen LogP contribution in [0.15, 0.2) is 18.7 Å². The number of aromatic nitrogens is 2. The van der Waals surface area contributed by atoms with Crippen LogP contribution in [0.5, 0.6) is 0 Å². The van der Waals surface area contributed by atoms with Crippen LogP contribution in [-0.2, 0) is 6.42 Å². The Balaban J connectivity index is 2.96. The fourth-order valence-corrected chi connectivity index (χ4v) is 1.85. The Morgan fingerprint density at radius 3 is 2.81 bits per heavy atom. The largest absolute Gasteiger partial charge is 0.313 e. The first-order valence-electron chi connectivity index (χ1n) is 5.84. The van der Waals surface area contributed by atoms with Gasteiger partial charge in [-0.2, -0.15) is 10.2 Å². The van der Waals surface area contributed by atoms with E-state index in [0.29, 0.717) is 6.04 Å². The molecule has 1 N–H and O–H groups in total. The maximum atomic E-state index is 4.26. The van der Waals surface area contributed by atoms with Crippen LogP contribution in [0.1, 0.15) is 42.8 Å². The third-order valence-corrected chi connectivity index (χ3v) is 2.74. The molecule has 3 heteroatoms. The fraction of sp³-hybridized carbons (Fsp3) is 0.538. The first kappa shape index (κ1) is 12.8. The molecule has 1 rings (SSSR count). The van der Waals surface area contributed by atoms with Gasteiger partial charge in [0.05, 0.1) is 11.4 Å². The van der Waals surface area contributed by atoms with E-state index in [1.807, 2.05) is 20.0 Å². The van der Waals surface area contributed by atoms with Crippen molar-refractivity contribution < 1.29 is 0 Å². The minimum absolute atomic E-state index is 0.349. The third-order valence-electron chi connectivity index (χ3n) is 2.74. The van der Waals surface area contributed by atoms with Crippen molar-refractivity contribution in [1.82, 2.24) is 15.5 Å². The average molecular weight is 219 g/mol. The van der Waals surface area contributed by atoms with Crippen molar-refractivity contribution in [2.75, 3.05) is 7.05 Å². The van der Waals surface area contributed by atoms with Gasteiger partial charge in [0.1, 0.15) is 0 Å². The van der Waals surface area contributed by atoms with Crippen LogP contribution < -0.4 is 5.32 Å². The van der Waals surface area contributed by atoms with Crippen LogP contribution in [0.2, 0.25) is 0 Å². The molecule has 16 heavy (non-hydrogen) atoms. The highest BCUT2D eigenvalue weighted by Gasteiger charge is 2.13. The van der Waals surface area contributed by atoms with Crippen molar-refractivity contribution in [3.05, 3.63) is 35.7 Å². The Labute approximate surface area is 98.0 Å². The average Bonchev–Trinajstić information content (AvgIpc) is 2.30. The highest BCUT2D eigenvalue weighted by atomic mass is 15.1. The van der Waals surface area contributed by atoms with Crippen LogP contribution in [0, 0.1) is 6.92 Å². The first-order chi connectivity index (χ1) is 7.72. The molecule has 0 aromatic carbocycles.